The van der Waals surface area contributed by atoms with Crippen molar-refractivity contribution in [1.82, 2.24) is 4.90 Å². The summed E-state index contributed by atoms with van der Waals surface area (Å²) in [7, 11) is -3.51. The summed E-state index contributed by atoms with van der Waals surface area (Å²) in [5.74, 6) is 0.316. The Morgan fingerprint density at radius 2 is 1.80 bits per heavy atom. The third-order valence-corrected chi connectivity index (χ3v) is 4.92. The minimum absolute atomic E-state index is 0.0350. The van der Waals surface area contributed by atoms with E-state index in [9.17, 15) is 8.42 Å². The van der Waals surface area contributed by atoms with Crippen LogP contribution >= 0.6 is 0 Å². The third kappa shape index (κ3) is 4.81. The van der Waals surface area contributed by atoms with Gasteiger partial charge in [0.2, 0.25) is 0 Å². The average molecular weight is 361 g/mol. The van der Waals surface area contributed by atoms with Gasteiger partial charge in [-0.2, -0.15) is 8.42 Å². The van der Waals surface area contributed by atoms with Crippen LogP contribution in [0.4, 0.5) is 0 Å². The molecule has 3 rings (SSSR count). The Hall–Kier alpha value is -1.89. The van der Waals surface area contributed by atoms with Crippen molar-refractivity contribution in [3.05, 3.63) is 65.7 Å². The largest absolute Gasteiger partial charge is 0.383 e. The number of nitrogens with zero attached hydrogens (tertiary/aromatic N) is 1. The standard InChI is InChI=1S/C19H23NO4S/c1-15(16-6-4-3-5-7-16)20-12-13-23-19(14-20)17-8-10-18(11-9-17)24-25(2,21)22/h3-11,15,19H,12-14H2,1-2H3/t15-,19-/m1/s1. The van der Waals surface area contributed by atoms with Crippen LogP contribution in [-0.4, -0.2) is 39.3 Å². The van der Waals surface area contributed by atoms with Crippen LogP contribution in [0.1, 0.15) is 30.2 Å². The van der Waals surface area contributed by atoms with Crippen molar-refractivity contribution in [2.45, 2.75) is 19.1 Å². The van der Waals surface area contributed by atoms with E-state index in [4.69, 9.17) is 8.92 Å². The number of hydrogen-bond acceptors (Lipinski definition) is 5. The van der Waals surface area contributed by atoms with Crippen molar-refractivity contribution < 1.29 is 17.3 Å². The summed E-state index contributed by atoms with van der Waals surface area (Å²) in [6.07, 6.45) is 1.00. The molecule has 0 aliphatic carbocycles. The first-order chi connectivity index (χ1) is 11.9. The zero-order valence-corrected chi connectivity index (χ0v) is 15.3. The average Bonchev–Trinajstić information content (AvgIpc) is 2.61. The summed E-state index contributed by atoms with van der Waals surface area (Å²) in [4.78, 5) is 2.41. The topological polar surface area (TPSA) is 55.8 Å². The molecule has 1 fully saturated rings. The summed E-state index contributed by atoms with van der Waals surface area (Å²) in [5.41, 5.74) is 2.31. The molecule has 0 amide bonds. The first-order valence-electron chi connectivity index (χ1n) is 8.32. The van der Waals surface area contributed by atoms with Gasteiger partial charge < -0.3 is 8.92 Å². The predicted molar refractivity (Wildman–Crippen MR) is 97.0 cm³/mol. The Kier molecular flexibility index (Phi) is 5.42. The Morgan fingerprint density at radius 1 is 1.12 bits per heavy atom. The van der Waals surface area contributed by atoms with Gasteiger partial charge >= 0.3 is 10.1 Å². The van der Waals surface area contributed by atoms with Gasteiger partial charge in [0.15, 0.2) is 0 Å². The van der Waals surface area contributed by atoms with Crippen molar-refractivity contribution in [1.29, 1.82) is 0 Å². The summed E-state index contributed by atoms with van der Waals surface area (Å²) in [5, 5.41) is 0. The van der Waals surface area contributed by atoms with E-state index in [-0.39, 0.29) is 6.10 Å². The molecule has 2 aromatic rings. The van der Waals surface area contributed by atoms with Crippen LogP contribution in [0.5, 0.6) is 5.75 Å². The van der Waals surface area contributed by atoms with Gasteiger partial charge in [0.1, 0.15) is 5.75 Å². The fourth-order valence-corrected chi connectivity index (χ4v) is 3.54. The second kappa shape index (κ2) is 7.56. The molecule has 0 radical (unpaired) electrons. The van der Waals surface area contributed by atoms with E-state index < -0.39 is 10.1 Å². The maximum Gasteiger partial charge on any atom is 0.306 e. The van der Waals surface area contributed by atoms with Gasteiger partial charge in [-0.15, -0.1) is 0 Å². The number of rotatable bonds is 5. The van der Waals surface area contributed by atoms with Crippen molar-refractivity contribution in [3.63, 3.8) is 0 Å². The van der Waals surface area contributed by atoms with E-state index in [1.54, 1.807) is 12.1 Å². The maximum atomic E-state index is 11.2. The molecule has 2 atom stereocenters. The predicted octanol–water partition coefficient (Wildman–Crippen LogP) is 3.16. The Bertz CT molecular complexity index is 790. The Labute approximate surface area is 149 Å². The molecule has 1 heterocycles. The van der Waals surface area contributed by atoms with Gasteiger partial charge in [0.05, 0.1) is 19.0 Å². The number of morpholine rings is 1. The van der Waals surface area contributed by atoms with E-state index in [0.29, 0.717) is 18.4 Å². The number of benzene rings is 2. The van der Waals surface area contributed by atoms with Crippen molar-refractivity contribution >= 4 is 10.1 Å². The summed E-state index contributed by atoms with van der Waals surface area (Å²) in [6.45, 7) is 4.56. The molecule has 0 spiro atoms. The third-order valence-electron chi connectivity index (χ3n) is 4.43. The van der Waals surface area contributed by atoms with E-state index in [1.807, 2.05) is 18.2 Å². The van der Waals surface area contributed by atoms with Crippen LogP contribution in [-0.2, 0) is 14.9 Å². The quantitative estimate of drug-likeness (QED) is 0.766. The zero-order chi connectivity index (χ0) is 17.9. The molecule has 1 aliphatic rings. The molecule has 2 aromatic carbocycles. The lowest BCUT2D eigenvalue weighted by Gasteiger charge is -2.37. The highest BCUT2D eigenvalue weighted by Gasteiger charge is 2.26. The van der Waals surface area contributed by atoms with Crippen LogP contribution in [0.25, 0.3) is 0 Å². The highest BCUT2D eigenvalue weighted by atomic mass is 32.2. The van der Waals surface area contributed by atoms with Crippen LogP contribution < -0.4 is 4.18 Å². The Morgan fingerprint density at radius 3 is 2.44 bits per heavy atom. The lowest BCUT2D eigenvalue weighted by atomic mass is 10.0. The molecule has 0 saturated carbocycles. The number of ether oxygens (including phenoxy) is 1. The molecular formula is C19H23NO4S. The van der Waals surface area contributed by atoms with Crippen molar-refractivity contribution in [2.24, 2.45) is 0 Å². The van der Waals surface area contributed by atoms with Crippen LogP contribution in [0.2, 0.25) is 0 Å². The van der Waals surface area contributed by atoms with E-state index in [0.717, 1.165) is 24.9 Å². The molecule has 25 heavy (non-hydrogen) atoms. The van der Waals surface area contributed by atoms with Gasteiger partial charge in [0, 0.05) is 19.1 Å². The lowest BCUT2D eigenvalue weighted by Crippen LogP contribution is -2.39. The van der Waals surface area contributed by atoms with Gasteiger partial charge in [-0.3, -0.25) is 4.90 Å². The highest BCUT2D eigenvalue weighted by molar-refractivity contribution is 7.86. The molecule has 0 unspecified atom stereocenters. The first-order valence-corrected chi connectivity index (χ1v) is 10.1. The minimum Gasteiger partial charge on any atom is -0.383 e. The lowest BCUT2D eigenvalue weighted by molar-refractivity contribution is -0.0431. The summed E-state index contributed by atoms with van der Waals surface area (Å²) in [6, 6.07) is 17.8. The fraction of sp³-hybridized carbons (Fsp3) is 0.368. The highest BCUT2D eigenvalue weighted by Crippen LogP contribution is 2.29. The molecule has 0 aromatic heterocycles. The summed E-state index contributed by atoms with van der Waals surface area (Å²) >= 11 is 0. The number of hydrogen-bond donors (Lipinski definition) is 0. The van der Waals surface area contributed by atoms with Gasteiger partial charge in [-0.1, -0.05) is 42.5 Å². The molecule has 134 valence electrons. The van der Waals surface area contributed by atoms with Crippen LogP contribution in [0.3, 0.4) is 0 Å². The van der Waals surface area contributed by atoms with Gasteiger partial charge in [-0.25, -0.2) is 0 Å². The summed E-state index contributed by atoms with van der Waals surface area (Å²) < 4.78 is 33.2. The van der Waals surface area contributed by atoms with Gasteiger partial charge in [0.25, 0.3) is 0 Å². The zero-order valence-electron chi connectivity index (χ0n) is 14.5. The molecule has 1 aliphatic heterocycles. The van der Waals surface area contributed by atoms with E-state index >= 15 is 0 Å². The molecule has 5 nitrogen and oxygen atoms in total. The second-order valence-electron chi connectivity index (χ2n) is 6.30. The molecule has 1 saturated heterocycles. The van der Waals surface area contributed by atoms with Crippen molar-refractivity contribution in [3.8, 4) is 5.75 Å². The second-order valence-corrected chi connectivity index (χ2v) is 7.87. The SMILES string of the molecule is C[C@H](c1ccccc1)N1CCO[C@@H](c2ccc(OS(C)(=O)=O)cc2)C1. The molecular weight excluding hydrogens is 338 g/mol. The fourth-order valence-electron chi connectivity index (χ4n) is 3.08. The van der Waals surface area contributed by atoms with Crippen LogP contribution in [0.15, 0.2) is 54.6 Å². The molecule has 6 heteroatoms. The molecule has 0 bridgehead atoms. The minimum atomic E-state index is -3.51. The van der Waals surface area contributed by atoms with E-state index in [2.05, 4.69) is 36.1 Å². The normalized spacial score (nSPS) is 20.2. The monoisotopic (exact) mass is 361 g/mol. The van der Waals surface area contributed by atoms with E-state index in [1.165, 1.54) is 5.56 Å². The smallest absolute Gasteiger partial charge is 0.306 e. The van der Waals surface area contributed by atoms with Crippen molar-refractivity contribution in [2.75, 3.05) is 26.0 Å². The first kappa shape index (κ1) is 17.9. The van der Waals surface area contributed by atoms with Gasteiger partial charge in [-0.05, 0) is 30.2 Å². The molecule has 0 N–H and O–H groups in total. The maximum absolute atomic E-state index is 11.2. The van der Waals surface area contributed by atoms with Crippen LogP contribution in [0, 0.1) is 0 Å². The Balaban J connectivity index is 1.69.